The second-order valence-corrected chi connectivity index (χ2v) is 12.5. The van der Waals surface area contributed by atoms with Crippen molar-refractivity contribution in [2.45, 2.75) is 63.2 Å². The Morgan fingerprint density at radius 2 is 1.32 bits per heavy atom. The fourth-order valence-corrected chi connectivity index (χ4v) is 5.80. The number of imide groups is 1. The Kier molecular flexibility index (Phi) is 12.4. The number of non-ortho nitro benzene ring substituents is 1. The van der Waals surface area contributed by atoms with Gasteiger partial charge >= 0.3 is 0 Å². The van der Waals surface area contributed by atoms with Crippen molar-refractivity contribution >= 4 is 46.8 Å². The van der Waals surface area contributed by atoms with Gasteiger partial charge in [0.15, 0.2) is 0 Å². The van der Waals surface area contributed by atoms with Crippen LogP contribution in [0.4, 0.5) is 11.4 Å². The first kappa shape index (κ1) is 37.5. The minimum atomic E-state index is -1.27. The van der Waals surface area contributed by atoms with Gasteiger partial charge < -0.3 is 26.3 Å². The molecular formula is C37H38N8O8. The summed E-state index contributed by atoms with van der Waals surface area (Å²) in [5.74, 6) is -3.78. The van der Waals surface area contributed by atoms with Gasteiger partial charge in [0.1, 0.15) is 24.2 Å². The van der Waals surface area contributed by atoms with Gasteiger partial charge in [-0.25, -0.2) is 4.98 Å². The Morgan fingerprint density at radius 3 is 1.89 bits per heavy atom. The number of rotatable bonds is 16. The number of likely N-dealkylation sites (tertiary alicyclic amines) is 1. The molecule has 0 saturated carbocycles. The second kappa shape index (κ2) is 17.5. The number of hydrogen-bond acceptors (Lipinski definition) is 9. The maximum atomic E-state index is 13.9. The largest absolute Gasteiger partial charge is 0.351 e. The van der Waals surface area contributed by atoms with E-state index in [1.54, 1.807) is 66.9 Å². The van der Waals surface area contributed by atoms with Crippen molar-refractivity contribution in [2.75, 3.05) is 5.32 Å². The molecule has 4 atom stereocenters. The van der Waals surface area contributed by atoms with Gasteiger partial charge in [0.05, 0.1) is 16.9 Å². The Balaban J connectivity index is 1.31. The Hall–Kier alpha value is -6.71. The smallest absolute Gasteiger partial charge is 0.269 e. The number of aromatic nitrogens is 2. The van der Waals surface area contributed by atoms with E-state index in [-0.39, 0.29) is 43.5 Å². The fourth-order valence-electron chi connectivity index (χ4n) is 5.80. The summed E-state index contributed by atoms with van der Waals surface area (Å²) in [5, 5.41) is 21.7. The van der Waals surface area contributed by atoms with Crippen LogP contribution in [0.3, 0.4) is 0 Å². The summed E-state index contributed by atoms with van der Waals surface area (Å²) in [4.78, 5) is 98.3. The van der Waals surface area contributed by atoms with Crippen LogP contribution < -0.4 is 21.3 Å². The number of carbonyl (C=O) groups excluding carboxylic acids is 6. The molecule has 5 N–H and O–H groups in total. The summed E-state index contributed by atoms with van der Waals surface area (Å²) < 4.78 is 0. The van der Waals surface area contributed by atoms with Gasteiger partial charge in [-0.3, -0.25) is 43.8 Å². The molecule has 274 valence electrons. The van der Waals surface area contributed by atoms with E-state index < -0.39 is 64.5 Å². The quantitative estimate of drug-likeness (QED) is 0.0647. The van der Waals surface area contributed by atoms with Crippen LogP contribution in [-0.2, 0) is 48.0 Å². The number of imidazole rings is 1. The highest BCUT2D eigenvalue weighted by Crippen LogP contribution is 2.20. The molecule has 6 amide bonds. The van der Waals surface area contributed by atoms with Crippen LogP contribution in [0.5, 0.6) is 0 Å². The SMILES string of the molecule is C[C@H](NC(=O)[C@H](Cc1ccccc1)N1C(=O)CCC1=O)C(=O)N[C@@H](Cc1c[nH]cn1)C(=O)N[C@@H](Cc1ccccc1)C(=O)Nc1ccc([N+](=O)[O-])cc1. The first-order chi connectivity index (χ1) is 25.5. The first-order valence-corrected chi connectivity index (χ1v) is 16.9. The van der Waals surface area contributed by atoms with Crippen LogP contribution in [0.25, 0.3) is 0 Å². The third-order valence-electron chi connectivity index (χ3n) is 8.59. The number of amides is 6. The van der Waals surface area contributed by atoms with Crippen molar-refractivity contribution in [1.29, 1.82) is 0 Å². The molecule has 0 radical (unpaired) electrons. The molecule has 0 unspecified atom stereocenters. The lowest BCUT2D eigenvalue weighted by Gasteiger charge is -2.28. The summed E-state index contributed by atoms with van der Waals surface area (Å²) in [7, 11) is 0. The van der Waals surface area contributed by atoms with Crippen LogP contribution in [0, 0.1) is 10.1 Å². The monoisotopic (exact) mass is 722 g/mol. The Labute approximate surface area is 303 Å². The van der Waals surface area contributed by atoms with E-state index in [9.17, 15) is 38.9 Å². The summed E-state index contributed by atoms with van der Waals surface area (Å²) >= 11 is 0. The van der Waals surface area contributed by atoms with E-state index in [4.69, 9.17) is 0 Å². The molecule has 53 heavy (non-hydrogen) atoms. The average molecular weight is 723 g/mol. The summed E-state index contributed by atoms with van der Waals surface area (Å²) in [6.07, 6.45) is 2.92. The number of nitro benzene ring substituents is 1. The third-order valence-corrected chi connectivity index (χ3v) is 8.59. The number of benzene rings is 3. The van der Waals surface area contributed by atoms with Gasteiger partial charge in [-0.1, -0.05) is 60.7 Å². The third kappa shape index (κ3) is 10.2. The zero-order valence-corrected chi connectivity index (χ0v) is 28.7. The number of aromatic amines is 1. The minimum Gasteiger partial charge on any atom is -0.351 e. The van der Waals surface area contributed by atoms with Gasteiger partial charge in [-0.15, -0.1) is 0 Å². The molecule has 16 nitrogen and oxygen atoms in total. The fraction of sp³-hybridized carbons (Fsp3) is 0.270. The molecule has 4 aromatic rings. The molecule has 0 spiro atoms. The molecule has 0 bridgehead atoms. The molecule has 3 aromatic carbocycles. The number of carbonyl (C=O) groups is 6. The average Bonchev–Trinajstić information content (AvgIpc) is 3.79. The molecule has 16 heteroatoms. The van der Waals surface area contributed by atoms with E-state index in [2.05, 4.69) is 31.2 Å². The number of nitro groups is 1. The van der Waals surface area contributed by atoms with E-state index >= 15 is 0 Å². The Bertz CT molecular complexity index is 1920. The van der Waals surface area contributed by atoms with Crippen LogP contribution in [-0.4, -0.2) is 79.4 Å². The zero-order valence-electron chi connectivity index (χ0n) is 28.7. The lowest BCUT2D eigenvalue weighted by atomic mass is 10.0. The number of hydrogen-bond donors (Lipinski definition) is 5. The van der Waals surface area contributed by atoms with Crippen LogP contribution >= 0.6 is 0 Å². The van der Waals surface area contributed by atoms with E-state index in [1.807, 2.05) is 0 Å². The highest BCUT2D eigenvalue weighted by molar-refractivity contribution is 6.06. The van der Waals surface area contributed by atoms with Gasteiger partial charge in [0.2, 0.25) is 35.4 Å². The molecule has 2 heterocycles. The standard InChI is InChI=1S/C37H38N8O8/c1-23(40-37(51)31(19-25-10-6-3-7-11-25)44-32(46)16-17-33(44)47)34(48)42-30(20-27-21-38-22-39-27)36(50)43-29(18-24-8-4-2-5-9-24)35(49)41-26-12-14-28(15-13-26)45(52)53/h2-15,21-23,29-31H,16-20H2,1H3,(H,38,39)(H,40,51)(H,41,49)(H,42,48)(H,43,50)/t23-,29-,30-,31-/m0/s1. The van der Waals surface area contributed by atoms with Crippen molar-refractivity contribution in [3.63, 3.8) is 0 Å². The summed E-state index contributed by atoms with van der Waals surface area (Å²) in [5.41, 5.74) is 1.95. The van der Waals surface area contributed by atoms with Crippen LogP contribution in [0.2, 0.25) is 0 Å². The molecule has 1 fully saturated rings. The van der Waals surface area contributed by atoms with Crippen LogP contribution in [0.15, 0.2) is 97.5 Å². The lowest BCUT2D eigenvalue weighted by Crippen LogP contribution is -2.58. The molecular weight excluding hydrogens is 684 g/mol. The number of anilines is 1. The van der Waals surface area contributed by atoms with Crippen molar-refractivity contribution in [3.05, 3.63) is 124 Å². The van der Waals surface area contributed by atoms with Crippen LogP contribution in [0.1, 0.15) is 36.6 Å². The lowest BCUT2D eigenvalue weighted by molar-refractivity contribution is -0.384. The normalized spacial score (nSPS) is 14.8. The minimum absolute atomic E-state index is 0.0193. The molecule has 5 rings (SSSR count). The van der Waals surface area contributed by atoms with Gasteiger partial charge in [0, 0.05) is 56.1 Å². The number of nitrogens with one attached hydrogen (secondary N) is 5. The maximum Gasteiger partial charge on any atom is 0.269 e. The number of H-pyrrole nitrogens is 1. The van der Waals surface area contributed by atoms with Crippen molar-refractivity contribution in [1.82, 2.24) is 30.8 Å². The predicted molar refractivity (Wildman–Crippen MR) is 191 cm³/mol. The highest BCUT2D eigenvalue weighted by atomic mass is 16.6. The maximum absolute atomic E-state index is 13.9. The summed E-state index contributed by atoms with van der Waals surface area (Å²) in [6, 6.07) is 18.1. The topological polar surface area (TPSA) is 226 Å². The molecule has 0 aliphatic carbocycles. The highest BCUT2D eigenvalue weighted by Gasteiger charge is 2.40. The van der Waals surface area contributed by atoms with Gasteiger partial charge in [-0.2, -0.15) is 0 Å². The number of nitrogens with zero attached hydrogens (tertiary/aromatic N) is 3. The predicted octanol–water partition coefficient (Wildman–Crippen LogP) is 1.98. The zero-order chi connectivity index (χ0) is 37.9. The molecule has 1 aliphatic heterocycles. The Morgan fingerprint density at radius 1 is 0.755 bits per heavy atom. The first-order valence-electron chi connectivity index (χ1n) is 16.9. The van der Waals surface area contributed by atoms with Gasteiger partial charge in [0.25, 0.3) is 5.69 Å². The van der Waals surface area contributed by atoms with Crippen molar-refractivity contribution in [3.8, 4) is 0 Å². The molecule has 1 saturated heterocycles. The van der Waals surface area contributed by atoms with E-state index in [1.165, 1.54) is 37.5 Å². The molecule has 1 aliphatic rings. The van der Waals surface area contributed by atoms with E-state index in [0.717, 1.165) is 10.5 Å². The molecule has 1 aromatic heterocycles. The second-order valence-electron chi connectivity index (χ2n) is 12.5. The van der Waals surface area contributed by atoms with Crippen molar-refractivity contribution < 1.29 is 33.7 Å². The van der Waals surface area contributed by atoms with Gasteiger partial charge in [-0.05, 0) is 30.2 Å². The van der Waals surface area contributed by atoms with E-state index in [0.29, 0.717) is 11.3 Å². The summed E-state index contributed by atoms with van der Waals surface area (Å²) in [6.45, 7) is 1.40. The van der Waals surface area contributed by atoms with Crippen molar-refractivity contribution in [2.24, 2.45) is 0 Å².